The van der Waals surface area contributed by atoms with Gasteiger partial charge in [-0.2, -0.15) is 0 Å². The number of likely N-dealkylation sites (N-methyl/N-ethyl adjacent to an activating group) is 1. The highest BCUT2D eigenvalue weighted by atomic mass is 16.3. The minimum Gasteiger partial charge on any atom is -0.395 e. The molecular formula is C29H35N5O. The molecule has 1 aliphatic rings. The summed E-state index contributed by atoms with van der Waals surface area (Å²) < 4.78 is 2.28. The lowest BCUT2D eigenvalue weighted by Gasteiger charge is -2.17. The van der Waals surface area contributed by atoms with E-state index in [0.717, 1.165) is 55.0 Å². The fourth-order valence-electron chi connectivity index (χ4n) is 5.19. The van der Waals surface area contributed by atoms with Gasteiger partial charge in [0.05, 0.1) is 13.2 Å². The largest absolute Gasteiger partial charge is 0.395 e. The van der Waals surface area contributed by atoms with Crippen molar-refractivity contribution in [3.05, 3.63) is 81.8 Å². The molecule has 0 fully saturated rings. The number of aryl methyl sites for hydroxylation is 5. The van der Waals surface area contributed by atoms with Crippen LogP contribution < -0.4 is 5.32 Å². The number of aliphatic hydroxyl groups excluding tert-OH is 1. The summed E-state index contributed by atoms with van der Waals surface area (Å²) in [6, 6.07) is 15.6. The first-order valence-corrected chi connectivity index (χ1v) is 12.6. The Kier molecular flexibility index (Phi) is 6.58. The number of benzene rings is 2. The van der Waals surface area contributed by atoms with Gasteiger partial charge in [0.15, 0.2) is 5.65 Å². The lowest BCUT2D eigenvalue weighted by atomic mass is 10.0. The zero-order valence-corrected chi connectivity index (χ0v) is 21.2. The Balaban J connectivity index is 1.40. The third kappa shape index (κ3) is 4.81. The van der Waals surface area contributed by atoms with Gasteiger partial charge in [0.25, 0.3) is 0 Å². The fourth-order valence-corrected chi connectivity index (χ4v) is 5.19. The van der Waals surface area contributed by atoms with Gasteiger partial charge >= 0.3 is 0 Å². The molecule has 0 atom stereocenters. The van der Waals surface area contributed by atoms with Crippen molar-refractivity contribution in [3.8, 4) is 0 Å². The van der Waals surface area contributed by atoms with Crippen LogP contribution in [-0.2, 0) is 32.4 Å². The minimum absolute atomic E-state index is 0.185. The lowest BCUT2D eigenvalue weighted by molar-refractivity contribution is 0.217. The average molecular weight is 470 g/mol. The Bertz CT molecular complexity index is 1370. The normalized spacial score (nSPS) is 13.0. The summed E-state index contributed by atoms with van der Waals surface area (Å²) in [6.45, 7) is 8.82. The smallest absolute Gasteiger partial charge is 0.160 e. The van der Waals surface area contributed by atoms with Crippen LogP contribution >= 0.6 is 0 Å². The number of nitrogens with one attached hydrogen (secondary N) is 1. The Morgan fingerprint density at radius 1 is 0.971 bits per heavy atom. The highest BCUT2D eigenvalue weighted by molar-refractivity contribution is 5.76. The van der Waals surface area contributed by atoms with E-state index in [1.54, 1.807) is 0 Å². The second-order valence-corrected chi connectivity index (χ2v) is 9.79. The van der Waals surface area contributed by atoms with Gasteiger partial charge in [0.2, 0.25) is 0 Å². The SMILES string of the molecule is CCc1nc2c(C)cc(C)nc2n1Cc1ccc2c(c1)CCc1cc(CN(C)CCO)ccc1N2. The van der Waals surface area contributed by atoms with Crippen LogP contribution in [0.15, 0.2) is 42.5 Å². The Hall–Kier alpha value is -3.22. The molecule has 6 nitrogen and oxygen atoms in total. The van der Waals surface area contributed by atoms with Crippen LogP contribution in [0.25, 0.3) is 11.2 Å². The zero-order valence-electron chi connectivity index (χ0n) is 21.2. The molecule has 5 rings (SSSR count). The van der Waals surface area contributed by atoms with Crippen LogP contribution in [-0.4, -0.2) is 44.7 Å². The van der Waals surface area contributed by atoms with E-state index in [2.05, 4.69) is 78.0 Å². The number of hydrogen-bond acceptors (Lipinski definition) is 5. The second kappa shape index (κ2) is 9.80. The van der Waals surface area contributed by atoms with Gasteiger partial charge in [0.1, 0.15) is 11.3 Å². The molecule has 0 bridgehead atoms. The number of aromatic nitrogens is 3. The predicted molar refractivity (Wildman–Crippen MR) is 142 cm³/mol. The number of aliphatic hydroxyl groups is 1. The molecule has 0 amide bonds. The van der Waals surface area contributed by atoms with Crippen molar-refractivity contribution in [3.63, 3.8) is 0 Å². The average Bonchev–Trinajstić information content (AvgIpc) is 3.06. The monoisotopic (exact) mass is 469 g/mol. The Morgan fingerprint density at radius 2 is 1.66 bits per heavy atom. The predicted octanol–water partition coefficient (Wildman–Crippen LogP) is 4.93. The van der Waals surface area contributed by atoms with E-state index in [4.69, 9.17) is 9.97 Å². The van der Waals surface area contributed by atoms with Crippen molar-refractivity contribution in [2.45, 2.75) is 53.1 Å². The molecule has 0 saturated heterocycles. The first-order valence-electron chi connectivity index (χ1n) is 12.6. The van der Waals surface area contributed by atoms with E-state index in [1.165, 1.54) is 39.2 Å². The molecule has 2 N–H and O–H groups in total. The van der Waals surface area contributed by atoms with Crippen molar-refractivity contribution >= 4 is 22.5 Å². The number of imidazole rings is 1. The summed E-state index contributed by atoms with van der Waals surface area (Å²) >= 11 is 0. The first-order chi connectivity index (χ1) is 16.9. The minimum atomic E-state index is 0.185. The van der Waals surface area contributed by atoms with E-state index < -0.39 is 0 Å². The van der Waals surface area contributed by atoms with Crippen LogP contribution in [0, 0.1) is 13.8 Å². The molecule has 4 aromatic rings. The summed E-state index contributed by atoms with van der Waals surface area (Å²) in [6.07, 6.45) is 2.89. The van der Waals surface area contributed by atoms with E-state index in [9.17, 15) is 5.11 Å². The van der Waals surface area contributed by atoms with Gasteiger partial charge in [-0.15, -0.1) is 0 Å². The van der Waals surface area contributed by atoms with Crippen LogP contribution in [0.4, 0.5) is 11.4 Å². The summed E-state index contributed by atoms with van der Waals surface area (Å²) in [5.74, 6) is 1.08. The molecule has 0 spiro atoms. The summed E-state index contributed by atoms with van der Waals surface area (Å²) in [7, 11) is 2.04. The van der Waals surface area contributed by atoms with Gasteiger partial charge in [-0.3, -0.25) is 4.90 Å². The zero-order chi connectivity index (χ0) is 24.5. The van der Waals surface area contributed by atoms with Crippen molar-refractivity contribution in [2.24, 2.45) is 0 Å². The molecule has 182 valence electrons. The summed E-state index contributed by atoms with van der Waals surface area (Å²) in [5, 5.41) is 12.9. The standard InChI is InChI=1S/C29H35N5O/c1-5-27-32-28-19(2)14-20(3)30-29(28)34(27)18-22-7-11-26-24(16-22)9-8-23-15-21(6-10-25(23)31-26)17-33(4)12-13-35/h6-7,10-11,14-16,31,35H,5,8-9,12-13,17-18H2,1-4H3. The molecule has 0 unspecified atom stereocenters. The number of nitrogens with zero attached hydrogens (tertiary/aromatic N) is 4. The third-order valence-electron chi connectivity index (χ3n) is 6.96. The number of rotatable bonds is 7. The van der Waals surface area contributed by atoms with Crippen LogP contribution in [0.2, 0.25) is 0 Å². The van der Waals surface area contributed by atoms with E-state index in [1.807, 2.05) is 7.05 Å². The van der Waals surface area contributed by atoms with Crippen LogP contribution in [0.3, 0.4) is 0 Å². The molecule has 0 radical (unpaired) electrons. The topological polar surface area (TPSA) is 66.2 Å². The van der Waals surface area contributed by atoms with Gasteiger partial charge in [-0.05, 0) is 79.8 Å². The van der Waals surface area contributed by atoms with E-state index in [-0.39, 0.29) is 6.61 Å². The Morgan fingerprint density at radius 3 is 2.34 bits per heavy atom. The van der Waals surface area contributed by atoms with Gasteiger partial charge in [-0.1, -0.05) is 31.2 Å². The number of pyridine rings is 1. The van der Waals surface area contributed by atoms with Gasteiger partial charge in [0, 0.05) is 36.6 Å². The van der Waals surface area contributed by atoms with Crippen LogP contribution in [0.1, 0.15) is 46.3 Å². The van der Waals surface area contributed by atoms with Gasteiger partial charge < -0.3 is 15.0 Å². The second-order valence-electron chi connectivity index (χ2n) is 9.79. The van der Waals surface area contributed by atoms with E-state index >= 15 is 0 Å². The molecule has 35 heavy (non-hydrogen) atoms. The maximum atomic E-state index is 9.19. The number of anilines is 2. The van der Waals surface area contributed by atoms with Gasteiger partial charge in [-0.25, -0.2) is 9.97 Å². The van der Waals surface area contributed by atoms with Crippen molar-refractivity contribution in [1.82, 2.24) is 19.4 Å². The highest BCUT2D eigenvalue weighted by Gasteiger charge is 2.17. The number of fused-ring (bicyclic) bond motifs is 3. The fraction of sp³-hybridized carbons (Fsp3) is 0.379. The molecule has 0 saturated carbocycles. The van der Waals surface area contributed by atoms with E-state index in [0.29, 0.717) is 6.54 Å². The molecule has 0 aliphatic carbocycles. The molecule has 2 aromatic heterocycles. The van der Waals surface area contributed by atoms with Crippen molar-refractivity contribution in [1.29, 1.82) is 0 Å². The molecule has 1 aliphatic heterocycles. The molecule has 3 heterocycles. The first kappa shape index (κ1) is 23.5. The highest BCUT2D eigenvalue weighted by Crippen LogP contribution is 2.32. The van der Waals surface area contributed by atoms with Crippen molar-refractivity contribution < 1.29 is 5.11 Å². The quantitative estimate of drug-likeness (QED) is 0.402. The third-order valence-corrected chi connectivity index (χ3v) is 6.96. The molecular weight excluding hydrogens is 434 g/mol. The van der Waals surface area contributed by atoms with Crippen LogP contribution in [0.5, 0.6) is 0 Å². The summed E-state index contributed by atoms with van der Waals surface area (Å²) in [5.41, 5.74) is 11.8. The number of hydrogen-bond donors (Lipinski definition) is 2. The maximum Gasteiger partial charge on any atom is 0.160 e. The summed E-state index contributed by atoms with van der Waals surface area (Å²) in [4.78, 5) is 11.9. The lowest BCUT2D eigenvalue weighted by Crippen LogP contribution is -2.21. The molecule has 6 heteroatoms. The van der Waals surface area contributed by atoms with Crippen molar-refractivity contribution in [2.75, 3.05) is 25.5 Å². The molecule has 2 aromatic carbocycles. The Labute approximate surface area is 207 Å². The maximum absolute atomic E-state index is 9.19.